The lowest BCUT2D eigenvalue weighted by Gasteiger charge is -2.13. The van der Waals surface area contributed by atoms with Gasteiger partial charge < -0.3 is 21.5 Å². The second-order valence-electron chi connectivity index (χ2n) is 7.71. The van der Waals surface area contributed by atoms with Gasteiger partial charge in [0, 0.05) is 32.3 Å². The summed E-state index contributed by atoms with van der Waals surface area (Å²) >= 11 is 5.06. The van der Waals surface area contributed by atoms with Gasteiger partial charge in [-0.1, -0.05) is 67.5 Å². The van der Waals surface area contributed by atoms with E-state index in [2.05, 4.69) is 48.4 Å². The van der Waals surface area contributed by atoms with Crippen LogP contribution in [0.2, 0.25) is 0 Å². The molecule has 1 aliphatic heterocycles. The van der Waals surface area contributed by atoms with Crippen molar-refractivity contribution in [1.29, 1.82) is 5.41 Å². The Labute approximate surface area is 293 Å². The van der Waals surface area contributed by atoms with Crippen LogP contribution in [0.3, 0.4) is 0 Å². The number of imide groups is 1. The fourth-order valence-electron chi connectivity index (χ4n) is 2.85. The summed E-state index contributed by atoms with van der Waals surface area (Å²) in [6.45, 7) is 28.7. The number of nitrogens with one attached hydrogen (secondary N) is 3. The van der Waals surface area contributed by atoms with E-state index in [1.54, 1.807) is 18.7 Å². The zero-order valence-corrected chi connectivity index (χ0v) is 33.2. The Morgan fingerprint density at radius 3 is 1.72 bits per heavy atom. The molecule has 2 rings (SSSR count). The van der Waals surface area contributed by atoms with Crippen LogP contribution in [0.4, 0.5) is 0 Å². The molecule has 1 saturated heterocycles. The van der Waals surface area contributed by atoms with E-state index in [-0.39, 0.29) is 47.3 Å². The monoisotopic (exact) mass is 713 g/mol. The molecule has 46 heavy (non-hydrogen) atoms. The van der Waals surface area contributed by atoms with Crippen LogP contribution in [-0.4, -0.2) is 109 Å². The smallest absolute Gasteiger partial charge is 0.243 e. The molecule has 0 radical (unpaired) electrons. The maximum atomic E-state index is 11.7. The molecule has 12 nitrogen and oxygen atoms in total. The van der Waals surface area contributed by atoms with Gasteiger partial charge in [0.2, 0.25) is 23.6 Å². The summed E-state index contributed by atoms with van der Waals surface area (Å²) in [5, 5.41) is 18.3. The first-order chi connectivity index (χ1) is 21.7. The Balaban J connectivity index is -0.000000116. The van der Waals surface area contributed by atoms with Gasteiger partial charge >= 0.3 is 0 Å². The molecule has 1 unspecified atom stereocenters. The second kappa shape index (κ2) is 45.0. The van der Waals surface area contributed by atoms with E-state index in [9.17, 15) is 19.2 Å². The standard InChI is InChI=1S/C10H16N2O3S.C6H11N3.C6H13NOS.C4H10S.2C2H6.CH3N.H2O/c1-3-11-8(13)6-12-9(14)5-7(10(12)15)16-4-2;1-3-6-5-9(4-2)8-7-6;1-3-7-6(8)5-9-4-2;1-3-5-4-2;3*1-2;/h7H,3-6H2,1-2H3,(H,11,13);5H,3-4H2,1-2H3;3-5H2,1-2H3,(H,7,8);3-4H2,1-2H3;2*1-2H3;2H,1H2;1H2. The molecular formula is C31H67N7O5S3. The number of hydrogen-bond acceptors (Lipinski definition) is 10. The average molecular weight is 714 g/mol. The largest absolute Gasteiger partial charge is 0.412 e. The fraction of sp³-hybridized carbons (Fsp3) is 0.774. The predicted molar refractivity (Wildman–Crippen MR) is 204 cm³/mol. The molecule has 1 aromatic heterocycles. The summed E-state index contributed by atoms with van der Waals surface area (Å²) in [7, 11) is 0. The van der Waals surface area contributed by atoms with E-state index in [1.165, 1.54) is 23.3 Å². The third-order valence-electron chi connectivity index (χ3n) is 4.74. The van der Waals surface area contributed by atoms with E-state index in [4.69, 9.17) is 5.41 Å². The van der Waals surface area contributed by atoms with Crippen molar-refractivity contribution >= 4 is 65.6 Å². The highest BCUT2D eigenvalue weighted by atomic mass is 32.2. The summed E-state index contributed by atoms with van der Waals surface area (Å²) in [5.74, 6) is 4.30. The van der Waals surface area contributed by atoms with Crippen molar-refractivity contribution in [3.8, 4) is 0 Å². The fourth-order valence-corrected chi connectivity index (χ4v) is 4.68. The van der Waals surface area contributed by atoms with Gasteiger partial charge in [0.05, 0.1) is 16.7 Å². The average Bonchev–Trinajstić information content (AvgIpc) is 3.65. The van der Waals surface area contributed by atoms with Crippen LogP contribution in [0.5, 0.6) is 0 Å². The summed E-state index contributed by atoms with van der Waals surface area (Å²) < 4.78 is 1.83. The number of hydrogen-bond donors (Lipinski definition) is 3. The molecule has 5 N–H and O–H groups in total. The number of thioether (sulfide) groups is 3. The van der Waals surface area contributed by atoms with Crippen molar-refractivity contribution in [1.82, 2.24) is 30.5 Å². The molecule has 1 aliphatic rings. The Kier molecular flexibility index (Phi) is 55.1. The molecule has 0 aliphatic carbocycles. The number of aryl methyl sites for hydroxylation is 2. The number of likely N-dealkylation sites (N-methyl/N-ethyl adjacent to an activating group) is 1. The molecule has 0 spiro atoms. The normalized spacial score (nSPS) is 12.1. The molecule has 2 heterocycles. The molecule has 1 fully saturated rings. The van der Waals surface area contributed by atoms with Crippen molar-refractivity contribution in [3.05, 3.63) is 11.9 Å². The van der Waals surface area contributed by atoms with E-state index >= 15 is 0 Å². The molecule has 0 saturated carbocycles. The van der Waals surface area contributed by atoms with Gasteiger partial charge in [-0.05, 0) is 56.9 Å². The van der Waals surface area contributed by atoms with E-state index in [1.807, 2.05) is 78.0 Å². The molecule has 1 aromatic rings. The number of nitrogens with zero attached hydrogens (tertiary/aromatic N) is 4. The topological polar surface area (TPSA) is 182 Å². The van der Waals surface area contributed by atoms with Crippen LogP contribution in [0.1, 0.15) is 95.2 Å². The highest BCUT2D eigenvalue weighted by Gasteiger charge is 2.39. The van der Waals surface area contributed by atoms with Crippen LogP contribution in [0.15, 0.2) is 6.20 Å². The highest BCUT2D eigenvalue weighted by Crippen LogP contribution is 2.24. The van der Waals surface area contributed by atoms with Gasteiger partial charge in [0.1, 0.15) is 6.54 Å². The van der Waals surface area contributed by atoms with Gasteiger partial charge in [-0.25, -0.2) is 0 Å². The number of rotatable bonds is 13. The van der Waals surface area contributed by atoms with E-state index in [0.717, 1.165) is 41.6 Å². The first-order valence-corrected chi connectivity index (χ1v) is 19.4. The molecule has 0 bridgehead atoms. The zero-order chi connectivity index (χ0) is 36.1. The zero-order valence-electron chi connectivity index (χ0n) is 30.8. The number of aromatic nitrogens is 3. The van der Waals surface area contributed by atoms with Crippen LogP contribution < -0.4 is 10.6 Å². The minimum Gasteiger partial charge on any atom is -0.412 e. The lowest BCUT2D eigenvalue weighted by atomic mass is 10.4. The quantitative estimate of drug-likeness (QED) is 0.187. The lowest BCUT2D eigenvalue weighted by molar-refractivity contribution is -0.142. The Morgan fingerprint density at radius 2 is 1.37 bits per heavy atom. The maximum absolute atomic E-state index is 11.7. The SMILES string of the molecule is C=N.CC.CC.CCNC(=O)CN1C(=O)CC(SCC)C1=O.CCNC(=O)CSCC.CCSCC.CCc1cn(CC)nn1.O. The molecule has 4 amide bonds. The Hall–Kier alpha value is -2.10. The Morgan fingerprint density at radius 1 is 0.870 bits per heavy atom. The minimum atomic E-state index is -0.299. The molecule has 1 atom stereocenters. The first kappa shape index (κ1) is 56.2. The van der Waals surface area contributed by atoms with Crippen molar-refractivity contribution in [2.24, 2.45) is 0 Å². The second-order valence-corrected chi connectivity index (χ2v) is 12.0. The van der Waals surface area contributed by atoms with Gasteiger partial charge in [-0.3, -0.25) is 28.8 Å². The van der Waals surface area contributed by atoms with Crippen LogP contribution in [0, 0.1) is 5.41 Å². The number of likely N-dealkylation sites (tertiary alicyclic amines) is 1. The highest BCUT2D eigenvalue weighted by molar-refractivity contribution is 8.00. The van der Waals surface area contributed by atoms with Crippen LogP contribution in [0.25, 0.3) is 0 Å². The van der Waals surface area contributed by atoms with Crippen LogP contribution in [-0.2, 0) is 32.1 Å². The van der Waals surface area contributed by atoms with E-state index in [0.29, 0.717) is 12.3 Å². The maximum Gasteiger partial charge on any atom is 0.243 e. The van der Waals surface area contributed by atoms with Crippen molar-refractivity contribution in [3.63, 3.8) is 0 Å². The third-order valence-corrected chi connectivity index (χ3v) is 7.53. The number of amides is 4. The van der Waals surface area contributed by atoms with Crippen LogP contribution >= 0.6 is 35.3 Å². The number of carbonyl (C=O) groups excluding carboxylic acids is 4. The van der Waals surface area contributed by atoms with Gasteiger partial charge in [0.25, 0.3) is 0 Å². The van der Waals surface area contributed by atoms with Crippen molar-refractivity contribution in [2.45, 2.75) is 108 Å². The lowest BCUT2D eigenvalue weighted by Crippen LogP contribution is -2.40. The van der Waals surface area contributed by atoms with Gasteiger partial charge in [-0.15, -0.1) is 16.9 Å². The van der Waals surface area contributed by atoms with Crippen molar-refractivity contribution < 1.29 is 24.7 Å². The summed E-state index contributed by atoms with van der Waals surface area (Å²) in [4.78, 5) is 46.3. The molecule has 15 heteroatoms. The van der Waals surface area contributed by atoms with Gasteiger partial charge in [0.15, 0.2) is 0 Å². The van der Waals surface area contributed by atoms with Gasteiger partial charge in [-0.2, -0.15) is 23.5 Å². The van der Waals surface area contributed by atoms with Crippen molar-refractivity contribution in [2.75, 3.05) is 48.4 Å². The molecule has 0 aromatic carbocycles. The molecule has 274 valence electrons. The summed E-state index contributed by atoms with van der Waals surface area (Å²) in [5.41, 5.74) is 1.07. The predicted octanol–water partition coefficient (Wildman–Crippen LogP) is 4.99. The number of carbonyl (C=O) groups is 4. The summed E-state index contributed by atoms with van der Waals surface area (Å²) in [6.07, 6.45) is 3.16. The summed E-state index contributed by atoms with van der Waals surface area (Å²) in [6, 6.07) is 0. The molecular weight excluding hydrogens is 647 g/mol. The van der Waals surface area contributed by atoms with E-state index < -0.39 is 0 Å². The first-order valence-electron chi connectivity index (χ1n) is 16.1. The minimum absolute atomic E-state index is 0. The Bertz CT molecular complexity index is 814. The third kappa shape index (κ3) is 33.3.